The number of benzene rings is 1. The second kappa shape index (κ2) is 6.07. The number of para-hydroxylation sites is 1. The fourth-order valence-corrected chi connectivity index (χ4v) is 1.56. The van der Waals surface area contributed by atoms with E-state index in [0.29, 0.717) is 11.5 Å². The Labute approximate surface area is 120 Å². The number of nitrogens with two attached hydrogens (primary N) is 1. The van der Waals surface area contributed by atoms with Crippen molar-refractivity contribution in [2.75, 3.05) is 6.54 Å². The van der Waals surface area contributed by atoms with Gasteiger partial charge in [-0.05, 0) is 12.5 Å². The summed E-state index contributed by atoms with van der Waals surface area (Å²) in [6.07, 6.45) is 2.12. The van der Waals surface area contributed by atoms with Crippen molar-refractivity contribution in [2.45, 2.75) is 6.42 Å². The van der Waals surface area contributed by atoms with E-state index in [2.05, 4.69) is 0 Å². The van der Waals surface area contributed by atoms with Crippen LogP contribution < -0.4 is 5.73 Å². The molecule has 1 heterocycles. The number of hydrogen-bond donors (Lipinski definition) is 2. The molecule has 0 unspecified atom stereocenters. The zero-order valence-corrected chi connectivity index (χ0v) is 11.6. The molecule has 0 aliphatic carbocycles. The normalized spacial score (nSPS) is 9.94. The van der Waals surface area contributed by atoms with Crippen LogP contribution in [-0.2, 0) is 6.42 Å². The zero-order chi connectivity index (χ0) is 11.5. The summed E-state index contributed by atoms with van der Waals surface area (Å²) in [4.78, 5) is 10.6. The van der Waals surface area contributed by atoms with Crippen LogP contribution in [0.2, 0.25) is 0 Å². The molecule has 17 heavy (non-hydrogen) atoms. The number of urea groups is 1. The molecule has 5 nitrogen and oxygen atoms in total. The molecule has 0 spiro atoms. The van der Waals surface area contributed by atoms with Crippen molar-refractivity contribution in [3.05, 3.63) is 36.1 Å². The molecule has 0 bridgehead atoms. The van der Waals surface area contributed by atoms with E-state index in [0.717, 1.165) is 16.5 Å². The van der Waals surface area contributed by atoms with Crippen LogP contribution in [0.3, 0.4) is 0 Å². The van der Waals surface area contributed by atoms with Crippen LogP contribution >= 0.6 is 0 Å². The summed E-state index contributed by atoms with van der Waals surface area (Å²) in [5.41, 5.74) is 6.63. The van der Waals surface area contributed by atoms with Gasteiger partial charge in [-0.15, -0.1) is 0 Å². The molecule has 0 saturated heterocycles. The average Bonchev–Trinajstić information content (AvgIpc) is 2.69. The fourth-order valence-electron chi connectivity index (χ4n) is 1.56. The first-order valence-corrected chi connectivity index (χ1v) is 4.89. The monoisotopic (exact) mass is 243 g/mol. The number of rotatable bonds is 3. The Morgan fingerprint density at radius 1 is 1.41 bits per heavy atom. The molecule has 3 N–H and O–H groups in total. The minimum absolute atomic E-state index is 0. The van der Waals surface area contributed by atoms with E-state index in [1.165, 1.54) is 0 Å². The number of furan rings is 1. The molecule has 85 valence electrons. The summed E-state index contributed by atoms with van der Waals surface area (Å²) in [5, 5.41) is 10.6. The number of amides is 2. The molecule has 1 aromatic heterocycles. The number of hydroxylamine groups is 2. The Morgan fingerprint density at radius 2 is 2.12 bits per heavy atom. The minimum Gasteiger partial charge on any atom is -0.464 e. The van der Waals surface area contributed by atoms with Crippen LogP contribution in [0.15, 0.2) is 34.9 Å². The molecule has 0 aliphatic rings. The van der Waals surface area contributed by atoms with Gasteiger partial charge in [0.2, 0.25) is 0 Å². The molecular weight excluding hydrogens is 231 g/mol. The predicted molar refractivity (Wildman–Crippen MR) is 63.7 cm³/mol. The van der Waals surface area contributed by atoms with Crippen molar-refractivity contribution in [3.8, 4) is 0 Å². The molecule has 1 aromatic carbocycles. The van der Waals surface area contributed by atoms with E-state index >= 15 is 0 Å². The number of nitrogens with zero attached hydrogens (tertiary/aromatic N) is 1. The van der Waals surface area contributed by atoms with Gasteiger partial charge in [-0.25, -0.2) is 9.86 Å². The van der Waals surface area contributed by atoms with Crippen LogP contribution in [-0.4, -0.2) is 52.4 Å². The number of carbonyl (C=O) groups is 1. The maximum absolute atomic E-state index is 10.6. The molecule has 2 aromatic rings. The molecule has 0 fully saturated rings. The maximum Gasteiger partial charge on any atom is 0.338 e. The van der Waals surface area contributed by atoms with Gasteiger partial charge in [0.15, 0.2) is 0 Å². The molecule has 2 rings (SSSR count). The Bertz CT molecular complexity index is 512. The van der Waals surface area contributed by atoms with Crippen LogP contribution in [0.1, 0.15) is 5.56 Å². The first-order chi connectivity index (χ1) is 7.68. The summed E-state index contributed by atoms with van der Waals surface area (Å²) in [5.74, 6) is 0. The molecule has 0 atom stereocenters. The average molecular weight is 243 g/mol. The third kappa shape index (κ3) is 3.23. The number of carbonyl (C=O) groups excluding carboxylic acids is 1. The minimum atomic E-state index is -0.854. The fraction of sp³-hybridized carbons (Fsp3) is 0.182. The number of primary amides is 1. The van der Waals surface area contributed by atoms with Crippen LogP contribution in [0, 0.1) is 0 Å². The summed E-state index contributed by atoms with van der Waals surface area (Å²) < 4.78 is 5.33. The smallest absolute Gasteiger partial charge is 0.338 e. The summed E-state index contributed by atoms with van der Waals surface area (Å²) in [6.45, 7) is 0.152. The van der Waals surface area contributed by atoms with E-state index in [4.69, 9.17) is 15.4 Å². The summed E-state index contributed by atoms with van der Waals surface area (Å²) >= 11 is 0. The third-order valence-corrected chi connectivity index (χ3v) is 2.41. The van der Waals surface area contributed by atoms with E-state index in [1.54, 1.807) is 6.26 Å². The Morgan fingerprint density at radius 3 is 2.82 bits per heavy atom. The first kappa shape index (κ1) is 14.1. The quantitative estimate of drug-likeness (QED) is 0.485. The molecule has 0 aliphatic heterocycles. The largest absolute Gasteiger partial charge is 0.464 e. The van der Waals surface area contributed by atoms with Gasteiger partial charge in [-0.2, -0.15) is 0 Å². The summed E-state index contributed by atoms with van der Waals surface area (Å²) in [6, 6.07) is 6.74. The van der Waals surface area contributed by atoms with Gasteiger partial charge in [0.25, 0.3) is 0 Å². The van der Waals surface area contributed by atoms with Crippen molar-refractivity contribution < 1.29 is 14.4 Å². The Hall–Kier alpha value is -1.01. The van der Waals surface area contributed by atoms with Crippen LogP contribution in [0.25, 0.3) is 11.0 Å². The molecule has 2 amide bonds. The van der Waals surface area contributed by atoms with E-state index in [1.807, 2.05) is 24.3 Å². The number of fused-ring (bicyclic) bond motifs is 1. The molecular formula is C11H12N2NaO3. The molecule has 6 heteroatoms. The summed E-state index contributed by atoms with van der Waals surface area (Å²) in [7, 11) is 0. The van der Waals surface area contributed by atoms with Crippen molar-refractivity contribution in [1.29, 1.82) is 0 Å². The van der Waals surface area contributed by atoms with Crippen molar-refractivity contribution in [2.24, 2.45) is 5.73 Å². The SMILES string of the molecule is NC(=O)N(O)CCc1coc2ccccc12.[Na]. The van der Waals surface area contributed by atoms with E-state index in [9.17, 15) is 4.79 Å². The van der Waals surface area contributed by atoms with Gasteiger partial charge in [-0.1, -0.05) is 18.2 Å². The molecule has 0 saturated carbocycles. The van der Waals surface area contributed by atoms with E-state index in [-0.39, 0.29) is 36.1 Å². The van der Waals surface area contributed by atoms with Crippen LogP contribution in [0.4, 0.5) is 4.79 Å². The Balaban J connectivity index is 0.00000144. The standard InChI is InChI=1S/C11H12N2O3.Na/c12-11(14)13(15)6-5-8-7-16-10-4-2-1-3-9(8)10;/h1-4,7,15H,5-6H2,(H2,12,14);. The van der Waals surface area contributed by atoms with Gasteiger partial charge in [0.05, 0.1) is 12.8 Å². The third-order valence-electron chi connectivity index (χ3n) is 2.41. The van der Waals surface area contributed by atoms with Crippen molar-refractivity contribution >= 4 is 46.6 Å². The first-order valence-electron chi connectivity index (χ1n) is 4.89. The topological polar surface area (TPSA) is 79.7 Å². The van der Waals surface area contributed by atoms with Gasteiger partial charge in [0, 0.05) is 40.5 Å². The Kier molecular flexibility index (Phi) is 5.02. The van der Waals surface area contributed by atoms with Crippen molar-refractivity contribution in [1.82, 2.24) is 5.06 Å². The van der Waals surface area contributed by atoms with E-state index < -0.39 is 6.03 Å². The second-order valence-corrected chi connectivity index (χ2v) is 3.47. The number of hydrogen-bond acceptors (Lipinski definition) is 3. The maximum atomic E-state index is 10.6. The molecule has 1 radical (unpaired) electrons. The van der Waals surface area contributed by atoms with Gasteiger partial charge in [-0.3, -0.25) is 5.21 Å². The van der Waals surface area contributed by atoms with Crippen LogP contribution in [0.5, 0.6) is 0 Å². The predicted octanol–water partition coefficient (Wildman–Crippen LogP) is 1.36. The van der Waals surface area contributed by atoms with Gasteiger partial charge >= 0.3 is 6.03 Å². The van der Waals surface area contributed by atoms with Gasteiger partial charge in [0.1, 0.15) is 5.58 Å². The second-order valence-electron chi connectivity index (χ2n) is 3.47. The zero-order valence-electron chi connectivity index (χ0n) is 9.59. The van der Waals surface area contributed by atoms with Crippen molar-refractivity contribution in [3.63, 3.8) is 0 Å². The van der Waals surface area contributed by atoms with Gasteiger partial charge < -0.3 is 10.2 Å².